The van der Waals surface area contributed by atoms with E-state index in [9.17, 15) is 4.39 Å². The fourth-order valence-electron chi connectivity index (χ4n) is 2.36. The topological polar surface area (TPSA) is 52.0 Å². The molecule has 3 rings (SSSR count). The van der Waals surface area contributed by atoms with E-state index in [0.717, 1.165) is 23.3 Å². The maximum atomic E-state index is 12.9. The molecule has 0 unspecified atom stereocenters. The van der Waals surface area contributed by atoms with E-state index in [2.05, 4.69) is 5.16 Å². The molecular formula is C14H15FN2O. The van der Waals surface area contributed by atoms with E-state index >= 15 is 0 Å². The summed E-state index contributed by atoms with van der Waals surface area (Å²) < 4.78 is 18.3. The SMILES string of the molecule is Nc1noc(CC2CCC2)c1-c1ccc(F)cc1. The van der Waals surface area contributed by atoms with Gasteiger partial charge in [0.15, 0.2) is 5.82 Å². The lowest BCUT2D eigenvalue weighted by Gasteiger charge is -2.24. The fraction of sp³-hybridized carbons (Fsp3) is 0.357. The van der Waals surface area contributed by atoms with Gasteiger partial charge < -0.3 is 10.3 Å². The molecule has 18 heavy (non-hydrogen) atoms. The first-order chi connectivity index (χ1) is 8.74. The molecule has 1 aliphatic carbocycles. The van der Waals surface area contributed by atoms with Gasteiger partial charge in [-0.3, -0.25) is 0 Å². The lowest BCUT2D eigenvalue weighted by Crippen LogP contribution is -2.13. The van der Waals surface area contributed by atoms with Crippen molar-refractivity contribution in [3.8, 4) is 11.1 Å². The van der Waals surface area contributed by atoms with Crippen LogP contribution in [0.5, 0.6) is 0 Å². The number of anilines is 1. The van der Waals surface area contributed by atoms with Crippen molar-refractivity contribution in [1.82, 2.24) is 5.16 Å². The van der Waals surface area contributed by atoms with Crippen molar-refractivity contribution in [2.45, 2.75) is 25.7 Å². The minimum absolute atomic E-state index is 0.255. The third-order valence-corrected chi connectivity index (χ3v) is 3.62. The minimum Gasteiger partial charge on any atom is -0.380 e. The molecule has 0 spiro atoms. The highest BCUT2D eigenvalue weighted by Crippen LogP contribution is 2.36. The second-order valence-corrected chi connectivity index (χ2v) is 4.87. The molecule has 1 heterocycles. The van der Waals surface area contributed by atoms with Crippen molar-refractivity contribution in [2.24, 2.45) is 5.92 Å². The molecule has 1 fully saturated rings. The van der Waals surface area contributed by atoms with Gasteiger partial charge in [0.25, 0.3) is 0 Å². The summed E-state index contributed by atoms with van der Waals surface area (Å²) in [5.74, 6) is 1.63. The molecule has 0 saturated heterocycles. The molecule has 2 N–H and O–H groups in total. The van der Waals surface area contributed by atoms with Crippen LogP contribution in [0.25, 0.3) is 11.1 Å². The molecule has 0 atom stereocenters. The average molecular weight is 246 g/mol. The van der Waals surface area contributed by atoms with Crippen molar-refractivity contribution >= 4 is 5.82 Å². The molecule has 4 heteroatoms. The normalized spacial score (nSPS) is 15.6. The molecule has 0 amide bonds. The van der Waals surface area contributed by atoms with Gasteiger partial charge in [0, 0.05) is 6.42 Å². The van der Waals surface area contributed by atoms with E-state index in [1.165, 1.54) is 31.4 Å². The Kier molecular flexibility index (Phi) is 2.78. The van der Waals surface area contributed by atoms with Crippen LogP contribution in [0.4, 0.5) is 10.2 Å². The van der Waals surface area contributed by atoms with Crippen LogP contribution in [0.3, 0.4) is 0 Å². The Balaban J connectivity index is 1.94. The molecule has 94 valence electrons. The third-order valence-electron chi connectivity index (χ3n) is 3.62. The summed E-state index contributed by atoms with van der Waals surface area (Å²) in [4.78, 5) is 0. The molecular weight excluding hydrogens is 231 g/mol. The third kappa shape index (κ3) is 1.98. The predicted octanol–water partition coefficient (Wildman–Crippen LogP) is 3.41. The highest BCUT2D eigenvalue weighted by Gasteiger charge is 2.23. The van der Waals surface area contributed by atoms with Crippen LogP contribution < -0.4 is 5.73 Å². The standard InChI is InChI=1S/C14H15FN2O/c15-11-6-4-10(5-7-11)13-12(18-17-14(13)16)8-9-2-1-3-9/h4-7,9H,1-3,8H2,(H2,16,17). The summed E-state index contributed by atoms with van der Waals surface area (Å²) in [6.45, 7) is 0. The number of halogens is 1. The predicted molar refractivity (Wildman–Crippen MR) is 67.4 cm³/mol. The molecule has 1 aromatic carbocycles. The van der Waals surface area contributed by atoms with Crippen molar-refractivity contribution < 1.29 is 8.91 Å². The van der Waals surface area contributed by atoms with Gasteiger partial charge in [0.2, 0.25) is 0 Å². The van der Waals surface area contributed by atoms with Crippen molar-refractivity contribution in [2.75, 3.05) is 5.73 Å². The van der Waals surface area contributed by atoms with Gasteiger partial charge in [0.1, 0.15) is 11.6 Å². The van der Waals surface area contributed by atoms with Crippen LogP contribution in [-0.4, -0.2) is 5.16 Å². The Morgan fingerprint density at radius 2 is 2.00 bits per heavy atom. The molecule has 0 bridgehead atoms. The first kappa shape index (κ1) is 11.3. The van der Waals surface area contributed by atoms with Crippen LogP contribution in [0.2, 0.25) is 0 Å². The van der Waals surface area contributed by atoms with Crippen LogP contribution in [0.15, 0.2) is 28.8 Å². The van der Waals surface area contributed by atoms with Crippen molar-refractivity contribution in [1.29, 1.82) is 0 Å². The lowest BCUT2D eigenvalue weighted by molar-refractivity contribution is 0.279. The smallest absolute Gasteiger partial charge is 0.175 e. The first-order valence-corrected chi connectivity index (χ1v) is 6.24. The van der Waals surface area contributed by atoms with E-state index in [0.29, 0.717) is 11.7 Å². The van der Waals surface area contributed by atoms with Gasteiger partial charge in [-0.15, -0.1) is 0 Å². The number of rotatable bonds is 3. The summed E-state index contributed by atoms with van der Waals surface area (Å²) in [6.07, 6.45) is 4.64. The Morgan fingerprint density at radius 1 is 1.28 bits per heavy atom. The quantitative estimate of drug-likeness (QED) is 0.902. The number of hydrogen-bond donors (Lipinski definition) is 1. The van der Waals surface area contributed by atoms with Crippen LogP contribution in [0, 0.1) is 11.7 Å². The molecule has 3 nitrogen and oxygen atoms in total. The van der Waals surface area contributed by atoms with E-state index in [1.807, 2.05) is 0 Å². The number of benzene rings is 1. The largest absolute Gasteiger partial charge is 0.380 e. The van der Waals surface area contributed by atoms with Gasteiger partial charge in [-0.25, -0.2) is 4.39 Å². The summed E-state index contributed by atoms with van der Waals surface area (Å²) in [5, 5.41) is 3.84. The monoisotopic (exact) mass is 246 g/mol. The second-order valence-electron chi connectivity index (χ2n) is 4.87. The summed E-state index contributed by atoms with van der Waals surface area (Å²) >= 11 is 0. The minimum atomic E-state index is -0.255. The number of nitrogens with two attached hydrogens (primary N) is 1. The van der Waals surface area contributed by atoms with Gasteiger partial charge in [-0.2, -0.15) is 0 Å². The summed E-state index contributed by atoms with van der Waals surface area (Å²) in [6, 6.07) is 6.27. The van der Waals surface area contributed by atoms with Crippen molar-refractivity contribution in [3.63, 3.8) is 0 Å². The molecule has 2 aromatic rings. The highest BCUT2D eigenvalue weighted by atomic mass is 19.1. The van der Waals surface area contributed by atoms with Gasteiger partial charge in [-0.1, -0.05) is 36.6 Å². The number of nitrogens with zero attached hydrogens (tertiary/aromatic N) is 1. The zero-order valence-electron chi connectivity index (χ0n) is 10.0. The molecule has 1 aliphatic rings. The Morgan fingerprint density at radius 3 is 2.61 bits per heavy atom. The zero-order valence-corrected chi connectivity index (χ0v) is 10.0. The average Bonchev–Trinajstić information content (AvgIpc) is 2.67. The van der Waals surface area contributed by atoms with Crippen LogP contribution in [-0.2, 0) is 6.42 Å². The van der Waals surface area contributed by atoms with Gasteiger partial charge in [0.05, 0.1) is 5.56 Å². The Bertz CT molecular complexity index is 543. The van der Waals surface area contributed by atoms with E-state index < -0.39 is 0 Å². The number of nitrogen functional groups attached to an aromatic ring is 1. The molecule has 1 saturated carbocycles. The Labute approximate surface area is 105 Å². The van der Waals surface area contributed by atoms with E-state index in [-0.39, 0.29) is 5.82 Å². The number of aromatic nitrogens is 1. The van der Waals surface area contributed by atoms with Crippen LogP contribution >= 0.6 is 0 Å². The highest BCUT2D eigenvalue weighted by molar-refractivity contribution is 5.75. The maximum Gasteiger partial charge on any atom is 0.175 e. The molecule has 1 aromatic heterocycles. The zero-order chi connectivity index (χ0) is 12.5. The van der Waals surface area contributed by atoms with Crippen LogP contribution in [0.1, 0.15) is 25.0 Å². The first-order valence-electron chi connectivity index (χ1n) is 6.24. The fourth-order valence-corrected chi connectivity index (χ4v) is 2.36. The summed E-state index contributed by atoms with van der Waals surface area (Å²) in [5.41, 5.74) is 7.53. The molecule has 0 aliphatic heterocycles. The van der Waals surface area contributed by atoms with E-state index in [4.69, 9.17) is 10.3 Å². The molecule has 0 radical (unpaired) electrons. The van der Waals surface area contributed by atoms with E-state index in [1.54, 1.807) is 12.1 Å². The Hall–Kier alpha value is -1.84. The second kappa shape index (κ2) is 4.44. The van der Waals surface area contributed by atoms with Gasteiger partial charge in [-0.05, 0) is 23.6 Å². The number of hydrogen-bond acceptors (Lipinski definition) is 3. The van der Waals surface area contributed by atoms with Crippen molar-refractivity contribution in [3.05, 3.63) is 35.8 Å². The lowest BCUT2D eigenvalue weighted by atomic mass is 9.81. The van der Waals surface area contributed by atoms with Gasteiger partial charge >= 0.3 is 0 Å². The maximum absolute atomic E-state index is 12.9. The summed E-state index contributed by atoms with van der Waals surface area (Å²) in [7, 11) is 0.